The second kappa shape index (κ2) is 5.46. The van der Waals surface area contributed by atoms with E-state index in [2.05, 4.69) is 36.6 Å². The highest BCUT2D eigenvalue weighted by Gasteiger charge is 2.09. The van der Waals surface area contributed by atoms with Crippen LogP contribution in [0.2, 0.25) is 0 Å². The van der Waals surface area contributed by atoms with Crippen molar-refractivity contribution in [1.29, 1.82) is 0 Å². The zero-order valence-corrected chi connectivity index (χ0v) is 10.7. The molecule has 86 valence electrons. The van der Waals surface area contributed by atoms with E-state index < -0.39 is 0 Å². The first-order chi connectivity index (χ1) is 7.85. The van der Waals surface area contributed by atoms with E-state index >= 15 is 0 Å². The van der Waals surface area contributed by atoms with E-state index in [1.165, 1.54) is 22.1 Å². The average molecular weight is 234 g/mol. The van der Waals surface area contributed by atoms with Gasteiger partial charge in [-0.3, -0.25) is 0 Å². The molecule has 1 nitrogen and oxygen atoms in total. The van der Waals surface area contributed by atoms with E-state index in [9.17, 15) is 0 Å². The number of methoxy groups -OCH3 is 1. The van der Waals surface area contributed by atoms with E-state index in [1.54, 1.807) is 7.11 Å². The summed E-state index contributed by atoms with van der Waals surface area (Å²) in [6.45, 7) is 3.10. The molecule has 1 aromatic heterocycles. The fourth-order valence-corrected chi connectivity index (χ4v) is 2.93. The topological polar surface area (TPSA) is 9.23 Å². The molecule has 0 saturated heterocycles. The van der Waals surface area contributed by atoms with Gasteiger partial charge in [-0.05, 0) is 47.2 Å². The predicted octanol–water partition coefficient (Wildman–Crippen LogP) is 4.43. The Kier molecular flexibility index (Phi) is 3.97. The molecule has 1 unspecified atom stereocenters. The third kappa shape index (κ3) is 2.45. The molecule has 2 aromatic rings. The lowest BCUT2D eigenvalue weighted by Crippen LogP contribution is -2.01. The number of ether oxygens (including phenoxy) is 1. The van der Waals surface area contributed by atoms with E-state index in [-0.39, 0.29) is 0 Å². The molecule has 0 bridgehead atoms. The Morgan fingerprint density at radius 2 is 2.19 bits per heavy atom. The lowest BCUT2D eigenvalue weighted by Gasteiger charge is -2.14. The molecule has 0 amide bonds. The van der Waals surface area contributed by atoms with Crippen LogP contribution < -0.4 is 0 Å². The number of fused-ring (bicyclic) bond motifs is 1. The maximum atomic E-state index is 5.17. The highest BCUT2D eigenvalue weighted by Crippen LogP contribution is 2.29. The number of benzene rings is 1. The molecule has 2 heteroatoms. The third-order valence-corrected chi connectivity index (χ3v) is 3.99. The summed E-state index contributed by atoms with van der Waals surface area (Å²) in [6.07, 6.45) is 2.30. The van der Waals surface area contributed by atoms with Gasteiger partial charge in [-0.15, -0.1) is 11.3 Å². The van der Waals surface area contributed by atoms with Gasteiger partial charge in [-0.2, -0.15) is 0 Å². The normalized spacial score (nSPS) is 13.1. The Bertz CT molecular complexity index is 447. The van der Waals surface area contributed by atoms with Gasteiger partial charge >= 0.3 is 0 Å². The fourth-order valence-electron chi connectivity index (χ4n) is 2.09. The van der Waals surface area contributed by atoms with Gasteiger partial charge in [0.25, 0.3) is 0 Å². The van der Waals surface area contributed by atoms with Gasteiger partial charge in [0.05, 0.1) is 0 Å². The Hall–Kier alpha value is -0.860. The largest absolute Gasteiger partial charge is 0.385 e. The van der Waals surface area contributed by atoms with Gasteiger partial charge in [-0.1, -0.05) is 19.1 Å². The molecular weight excluding hydrogens is 216 g/mol. The molecule has 1 atom stereocenters. The minimum atomic E-state index is 0.631. The Morgan fingerprint density at radius 3 is 2.94 bits per heavy atom. The van der Waals surface area contributed by atoms with Gasteiger partial charge in [0, 0.05) is 18.4 Å². The predicted molar refractivity (Wildman–Crippen MR) is 71.4 cm³/mol. The van der Waals surface area contributed by atoms with E-state index in [0.29, 0.717) is 5.92 Å². The van der Waals surface area contributed by atoms with Crippen molar-refractivity contribution in [3.8, 4) is 0 Å². The molecule has 0 aliphatic rings. The van der Waals surface area contributed by atoms with E-state index in [4.69, 9.17) is 4.74 Å². The quantitative estimate of drug-likeness (QED) is 0.743. The highest BCUT2D eigenvalue weighted by molar-refractivity contribution is 7.17. The summed E-state index contributed by atoms with van der Waals surface area (Å²) in [5, 5.41) is 3.51. The van der Waals surface area contributed by atoms with Crippen molar-refractivity contribution in [3.63, 3.8) is 0 Å². The number of hydrogen-bond donors (Lipinski definition) is 0. The molecule has 16 heavy (non-hydrogen) atoms. The third-order valence-electron chi connectivity index (χ3n) is 3.11. The van der Waals surface area contributed by atoms with Crippen LogP contribution in [-0.4, -0.2) is 13.7 Å². The van der Waals surface area contributed by atoms with Crippen molar-refractivity contribution in [2.75, 3.05) is 13.7 Å². The minimum absolute atomic E-state index is 0.631. The maximum Gasteiger partial charge on any atom is 0.0468 e. The first kappa shape index (κ1) is 11.6. The van der Waals surface area contributed by atoms with Crippen LogP contribution in [0.1, 0.15) is 31.2 Å². The molecule has 0 aliphatic heterocycles. The lowest BCUT2D eigenvalue weighted by molar-refractivity contribution is 0.187. The van der Waals surface area contributed by atoms with Crippen LogP contribution in [0, 0.1) is 0 Å². The summed E-state index contributed by atoms with van der Waals surface area (Å²) in [7, 11) is 1.77. The molecule has 0 radical (unpaired) electrons. The standard InChI is InChI=1S/C14H18OS/c1-3-11(6-8-15-2)13-5-4-12-7-9-16-14(12)10-13/h4-5,7,9-11H,3,6,8H2,1-2H3. The Labute approximate surface area is 101 Å². The Balaban J connectivity index is 2.22. The SMILES string of the molecule is CCC(CCOC)c1ccc2ccsc2c1. The van der Waals surface area contributed by atoms with Crippen molar-refractivity contribution in [2.45, 2.75) is 25.7 Å². The number of thiophene rings is 1. The molecule has 0 aliphatic carbocycles. The fraction of sp³-hybridized carbons (Fsp3) is 0.429. The zero-order chi connectivity index (χ0) is 11.4. The summed E-state index contributed by atoms with van der Waals surface area (Å²) in [4.78, 5) is 0. The summed E-state index contributed by atoms with van der Waals surface area (Å²) >= 11 is 1.82. The second-order valence-electron chi connectivity index (χ2n) is 4.10. The van der Waals surface area contributed by atoms with Crippen molar-refractivity contribution in [2.24, 2.45) is 0 Å². The Morgan fingerprint density at radius 1 is 1.31 bits per heavy atom. The van der Waals surface area contributed by atoms with Crippen LogP contribution in [0.5, 0.6) is 0 Å². The maximum absolute atomic E-state index is 5.17. The minimum Gasteiger partial charge on any atom is -0.385 e. The molecular formula is C14H18OS. The zero-order valence-electron chi connectivity index (χ0n) is 9.90. The van der Waals surface area contributed by atoms with Crippen LogP contribution in [0.3, 0.4) is 0 Å². The van der Waals surface area contributed by atoms with Crippen LogP contribution >= 0.6 is 11.3 Å². The lowest BCUT2D eigenvalue weighted by atomic mass is 9.93. The summed E-state index contributed by atoms with van der Waals surface area (Å²) in [5.74, 6) is 0.631. The molecule has 0 fully saturated rings. The van der Waals surface area contributed by atoms with Crippen LogP contribution in [0.4, 0.5) is 0 Å². The highest BCUT2D eigenvalue weighted by atomic mass is 32.1. The van der Waals surface area contributed by atoms with E-state index in [0.717, 1.165) is 13.0 Å². The van der Waals surface area contributed by atoms with Crippen LogP contribution in [0.15, 0.2) is 29.6 Å². The van der Waals surface area contributed by atoms with Gasteiger partial charge < -0.3 is 4.74 Å². The second-order valence-corrected chi connectivity index (χ2v) is 5.05. The first-order valence-corrected chi connectivity index (χ1v) is 6.69. The van der Waals surface area contributed by atoms with Crippen molar-refractivity contribution in [1.82, 2.24) is 0 Å². The van der Waals surface area contributed by atoms with Crippen molar-refractivity contribution >= 4 is 21.4 Å². The molecule has 0 N–H and O–H groups in total. The van der Waals surface area contributed by atoms with Crippen LogP contribution in [-0.2, 0) is 4.74 Å². The van der Waals surface area contributed by atoms with Crippen molar-refractivity contribution < 1.29 is 4.74 Å². The first-order valence-electron chi connectivity index (χ1n) is 5.81. The molecule has 0 spiro atoms. The molecule has 0 saturated carbocycles. The number of hydrogen-bond acceptors (Lipinski definition) is 2. The number of rotatable bonds is 5. The molecule has 1 heterocycles. The molecule has 1 aromatic carbocycles. The smallest absolute Gasteiger partial charge is 0.0468 e. The van der Waals surface area contributed by atoms with Gasteiger partial charge in [0.1, 0.15) is 0 Å². The molecule has 2 rings (SSSR count). The van der Waals surface area contributed by atoms with E-state index in [1.807, 2.05) is 11.3 Å². The average Bonchev–Trinajstić information content (AvgIpc) is 2.77. The van der Waals surface area contributed by atoms with Gasteiger partial charge in [0.15, 0.2) is 0 Å². The summed E-state index contributed by atoms with van der Waals surface area (Å²) in [6, 6.07) is 9.01. The summed E-state index contributed by atoms with van der Waals surface area (Å²) < 4.78 is 6.57. The monoisotopic (exact) mass is 234 g/mol. The van der Waals surface area contributed by atoms with Crippen molar-refractivity contribution in [3.05, 3.63) is 35.2 Å². The summed E-state index contributed by atoms with van der Waals surface area (Å²) in [5.41, 5.74) is 1.45. The van der Waals surface area contributed by atoms with Gasteiger partial charge in [-0.25, -0.2) is 0 Å². The van der Waals surface area contributed by atoms with Crippen LogP contribution in [0.25, 0.3) is 10.1 Å². The van der Waals surface area contributed by atoms with Gasteiger partial charge in [0.2, 0.25) is 0 Å².